The molecular weight excluding hydrogens is 252 g/mol. The highest BCUT2D eigenvalue weighted by molar-refractivity contribution is 5.97. The van der Waals surface area contributed by atoms with Crippen molar-refractivity contribution in [3.63, 3.8) is 0 Å². The van der Waals surface area contributed by atoms with E-state index in [1.807, 2.05) is 38.1 Å². The third-order valence-corrected chi connectivity index (χ3v) is 3.39. The number of nitrogens with zero attached hydrogens (tertiary/aromatic N) is 3. The summed E-state index contributed by atoms with van der Waals surface area (Å²) in [4.78, 5) is 14.2. The molecule has 1 amide bonds. The first kappa shape index (κ1) is 14.1. The van der Waals surface area contributed by atoms with Crippen LogP contribution in [0.15, 0.2) is 30.5 Å². The molecule has 20 heavy (non-hydrogen) atoms. The number of nitrogen functional groups attached to an aromatic ring is 1. The lowest BCUT2D eigenvalue weighted by atomic mass is 10.1. The number of nitrogens with two attached hydrogens (primary N) is 1. The van der Waals surface area contributed by atoms with Crippen LogP contribution < -0.4 is 5.73 Å². The van der Waals surface area contributed by atoms with Crippen LogP contribution in [0.5, 0.6) is 0 Å². The lowest BCUT2D eigenvalue weighted by molar-refractivity contribution is 0.0773. The Balaban J connectivity index is 2.21. The van der Waals surface area contributed by atoms with Crippen LogP contribution in [0.25, 0.3) is 0 Å². The molecule has 0 spiro atoms. The van der Waals surface area contributed by atoms with Gasteiger partial charge in [0.15, 0.2) is 0 Å². The minimum Gasteiger partial charge on any atom is -0.396 e. The molecule has 5 nitrogen and oxygen atoms in total. The fraction of sp³-hybridized carbons (Fsp3) is 0.333. The van der Waals surface area contributed by atoms with E-state index in [1.54, 1.807) is 16.6 Å². The molecule has 0 saturated carbocycles. The molecule has 0 atom stereocenters. The number of carbonyl (C=O) groups excluding carboxylic acids is 1. The fourth-order valence-electron chi connectivity index (χ4n) is 2.17. The van der Waals surface area contributed by atoms with Crippen molar-refractivity contribution < 1.29 is 4.79 Å². The quantitative estimate of drug-likeness (QED) is 0.926. The van der Waals surface area contributed by atoms with Crippen molar-refractivity contribution in [1.82, 2.24) is 14.7 Å². The summed E-state index contributed by atoms with van der Waals surface area (Å²) in [5.41, 5.74) is 9.03. The van der Waals surface area contributed by atoms with Gasteiger partial charge in [-0.3, -0.25) is 9.48 Å². The van der Waals surface area contributed by atoms with E-state index in [0.29, 0.717) is 24.5 Å². The van der Waals surface area contributed by atoms with Crippen molar-refractivity contribution in [2.45, 2.75) is 26.9 Å². The maximum Gasteiger partial charge on any atom is 0.274 e. The molecule has 0 aliphatic rings. The van der Waals surface area contributed by atoms with E-state index in [-0.39, 0.29) is 5.91 Å². The minimum atomic E-state index is -0.106. The number of hydrogen-bond acceptors (Lipinski definition) is 3. The van der Waals surface area contributed by atoms with Crippen LogP contribution in [-0.2, 0) is 13.1 Å². The second-order valence-electron chi connectivity index (χ2n) is 4.85. The summed E-state index contributed by atoms with van der Waals surface area (Å²) in [5, 5.41) is 4.11. The average molecular weight is 272 g/mol. The van der Waals surface area contributed by atoms with Crippen molar-refractivity contribution in [3.8, 4) is 0 Å². The Morgan fingerprint density at radius 3 is 2.75 bits per heavy atom. The number of anilines is 1. The van der Waals surface area contributed by atoms with Gasteiger partial charge in [-0.2, -0.15) is 5.10 Å². The number of amides is 1. The Morgan fingerprint density at radius 1 is 1.40 bits per heavy atom. The number of rotatable bonds is 4. The summed E-state index contributed by atoms with van der Waals surface area (Å²) >= 11 is 0. The van der Waals surface area contributed by atoms with Crippen LogP contribution in [0.1, 0.15) is 28.5 Å². The van der Waals surface area contributed by atoms with Gasteiger partial charge in [0.25, 0.3) is 5.91 Å². The van der Waals surface area contributed by atoms with Gasteiger partial charge in [-0.15, -0.1) is 0 Å². The van der Waals surface area contributed by atoms with E-state index >= 15 is 0 Å². The summed E-state index contributed by atoms with van der Waals surface area (Å²) < 4.78 is 1.63. The van der Waals surface area contributed by atoms with Gasteiger partial charge in [-0.1, -0.05) is 24.3 Å². The topological polar surface area (TPSA) is 64.2 Å². The molecule has 0 bridgehead atoms. The summed E-state index contributed by atoms with van der Waals surface area (Å²) in [7, 11) is 1.78. The lowest BCUT2D eigenvalue weighted by Gasteiger charge is -2.19. The van der Waals surface area contributed by atoms with E-state index in [2.05, 4.69) is 5.10 Å². The SMILES string of the molecule is CCn1ncc(N)c1C(=O)N(C)Cc1ccccc1C. The van der Waals surface area contributed by atoms with Crippen molar-refractivity contribution in [2.24, 2.45) is 0 Å². The molecule has 0 unspecified atom stereocenters. The molecule has 5 heteroatoms. The van der Waals surface area contributed by atoms with Gasteiger partial charge < -0.3 is 10.6 Å². The van der Waals surface area contributed by atoms with E-state index in [0.717, 1.165) is 5.56 Å². The molecule has 106 valence electrons. The van der Waals surface area contributed by atoms with Crippen LogP contribution in [-0.4, -0.2) is 27.6 Å². The van der Waals surface area contributed by atoms with E-state index < -0.39 is 0 Å². The first-order valence-corrected chi connectivity index (χ1v) is 6.65. The smallest absolute Gasteiger partial charge is 0.274 e. The molecule has 0 aliphatic carbocycles. The van der Waals surface area contributed by atoms with E-state index in [1.165, 1.54) is 11.8 Å². The molecule has 0 saturated heterocycles. The van der Waals surface area contributed by atoms with Gasteiger partial charge >= 0.3 is 0 Å². The Bertz CT molecular complexity index is 618. The van der Waals surface area contributed by atoms with Crippen molar-refractivity contribution in [3.05, 3.63) is 47.3 Å². The number of benzene rings is 1. The Hall–Kier alpha value is -2.30. The molecule has 0 aliphatic heterocycles. The third-order valence-electron chi connectivity index (χ3n) is 3.39. The predicted molar refractivity (Wildman–Crippen MR) is 79.3 cm³/mol. The Kier molecular flexibility index (Phi) is 4.08. The number of aromatic nitrogens is 2. The maximum absolute atomic E-state index is 12.5. The highest BCUT2D eigenvalue weighted by Crippen LogP contribution is 2.16. The van der Waals surface area contributed by atoms with E-state index in [9.17, 15) is 4.79 Å². The van der Waals surface area contributed by atoms with Crippen LogP contribution in [0.3, 0.4) is 0 Å². The molecule has 1 aromatic carbocycles. The Morgan fingerprint density at radius 2 is 2.10 bits per heavy atom. The van der Waals surface area contributed by atoms with Gasteiger partial charge in [0, 0.05) is 20.1 Å². The third kappa shape index (κ3) is 2.66. The van der Waals surface area contributed by atoms with Crippen molar-refractivity contribution >= 4 is 11.6 Å². The van der Waals surface area contributed by atoms with Crippen LogP contribution in [0.2, 0.25) is 0 Å². The minimum absolute atomic E-state index is 0.106. The van der Waals surface area contributed by atoms with Crippen molar-refractivity contribution in [1.29, 1.82) is 0 Å². The second kappa shape index (κ2) is 5.77. The second-order valence-corrected chi connectivity index (χ2v) is 4.85. The summed E-state index contributed by atoms with van der Waals surface area (Å²) in [6.45, 7) is 5.15. The number of hydrogen-bond donors (Lipinski definition) is 1. The van der Waals surface area contributed by atoms with Crippen LogP contribution in [0.4, 0.5) is 5.69 Å². The number of carbonyl (C=O) groups is 1. The molecular formula is C15H20N4O. The van der Waals surface area contributed by atoms with Gasteiger partial charge in [0.2, 0.25) is 0 Å². The largest absolute Gasteiger partial charge is 0.396 e. The number of aryl methyl sites for hydroxylation is 2. The maximum atomic E-state index is 12.5. The van der Waals surface area contributed by atoms with E-state index in [4.69, 9.17) is 5.73 Å². The summed E-state index contributed by atoms with van der Waals surface area (Å²) in [6, 6.07) is 8.04. The highest BCUT2D eigenvalue weighted by Gasteiger charge is 2.20. The van der Waals surface area contributed by atoms with Crippen molar-refractivity contribution in [2.75, 3.05) is 12.8 Å². The summed E-state index contributed by atoms with van der Waals surface area (Å²) in [5.74, 6) is -0.106. The fourth-order valence-corrected chi connectivity index (χ4v) is 2.17. The molecule has 2 rings (SSSR count). The zero-order chi connectivity index (χ0) is 14.7. The van der Waals surface area contributed by atoms with Crippen LogP contribution >= 0.6 is 0 Å². The predicted octanol–water partition coefficient (Wildman–Crippen LogP) is 2.07. The van der Waals surface area contributed by atoms with Gasteiger partial charge in [0.05, 0.1) is 11.9 Å². The summed E-state index contributed by atoms with van der Waals surface area (Å²) in [6.07, 6.45) is 1.53. The molecule has 2 N–H and O–H groups in total. The van der Waals surface area contributed by atoms with Gasteiger partial charge in [-0.25, -0.2) is 0 Å². The highest BCUT2D eigenvalue weighted by atomic mass is 16.2. The standard InChI is InChI=1S/C15H20N4O/c1-4-19-14(13(16)9-17-19)15(20)18(3)10-12-8-6-5-7-11(12)2/h5-9H,4,10,16H2,1-3H3. The zero-order valence-electron chi connectivity index (χ0n) is 12.1. The molecule has 0 radical (unpaired) electrons. The molecule has 0 fully saturated rings. The molecule has 2 aromatic rings. The molecule has 1 heterocycles. The van der Waals surface area contributed by atoms with Gasteiger partial charge in [-0.05, 0) is 25.0 Å². The average Bonchev–Trinajstić information content (AvgIpc) is 2.81. The van der Waals surface area contributed by atoms with Gasteiger partial charge in [0.1, 0.15) is 5.69 Å². The first-order valence-electron chi connectivity index (χ1n) is 6.65. The molecule has 1 aromatic heterocycles. The van der Waals surface area contributed by atoms with Crippen LogP contribution in [0, 0.1) is 6.92 Å². The monoisotopic (exact) mass is 272 g/mol. The Labute approximate surface area is 119 Å². The first-order chi connectivity index (χ1) is 9.54. The normalized spacial score (nSPS) is 10.6. The zero-order valence-corrected chi connectivity index (χ0v) is 12.1. The lowest BCUT2D eigenvalue weighted by Crippen LogP contribution is -2.29.